The highest BCUT2D eigenvalue weighted by Crippen LogP contribution is 2.34. The number of carbonyl (C=O) groups is 2. The minimum Gasteiger partial charge on any atom is -0.348 e. The molecule has 1 aromatic carbocycles. The van der Waals surface area contributed by atoms with Crippen LogP contribution in [0.4, 0.5) is 4.39 Å². The molecule has 0 aliphatic carbocycles. The van der Waals surface area contributed by atoms with E-state index in [-0.39, 0.29) is 30.1 Å². The fourth-order valence-corrected chi connectivity index (χ4v) is 4.68. The van der Waals surface area contributed by atoms with Crippen molar-refractivity contribution in [1.82, 2.24) is 14.4 Å². The molecule has 1 aromatic heterocycles. The lowest BCUT2D eigenvalue weighted by molar-refractivity contribution is -0.144. The Kier molecular flexibility index (Phi) is 8.48. The van der Waals surface area contributed by atoms with E-state index in [4.69, 9.17) is 0 Å². The maximum atomic E-state index is 14.8. The maximum absolute atomic E-state index is 14.8. The predicted octanol–water partition coefficient (Wildman–Crippen LogP) is 5.01. The van der Waals surface area contributed by atoms with Gasteiger partial charge in [0.15, 0.2) is 0 Å². The highest BCUT2D eigenvalue weighted by atomic mass is 19.1. The van der Waals surface area contributed by atoms with Crippen molar-refractivity contribution in [2.75, 3.05) is 19.6 Å². The Morgan fingerprint density at radius 2 is 1.88 bits per heavy atom. The van der Waals surface area contributed by atoms with Gasteiger partial charge in [-0.25, -0.2) is 4.39 Å². The second-order valence-electron chi connectivity index (χ2n) is 8.64. The zero-order valence-corrected chi connectivity index (χ0v) is 19.6. The van der Waals surface area contributed by atoms with E-state index >= 15 is 0 Å². The van der Waals surface area contributed by atoms with Gasteiger partial charge in [-0.1, -0.05) is 51.8 Å². The summed E-state index contributed by atoms with van der Waals surface area (Å²) in [4.78, 5) is 30.2. The summed E-state index contributed by atoms with van der Waals surface area (Å²) in [7, 11) is 0. The minimum atomic E-state index is -0.493. The Morgan fingerprint density at radius 1 is 1.09 bits per heavy atom. The van der Waals surface area contributed by atoms with Crippen molar-refractivity contribution in [3.8, 4) is 0 Å². The monoisotopic (exact) mass is 441 g/mol. The van der Waals surface area contributed by atoms with Crippen LogP contribution >= 0.6 is 0 Å². The predicted molar refractivity (Wildman–Crippen MR) is 125 cm³/mol. The number of aromatic nitrogens is 1. The van der Waals surface area contributed by atoms with Crippen molar-refractivity contribution in [2.24, 2.45) is 5.92 Å². The normalized spacial score (nSPS) is 16.5. The molecular weight excluding hydrogens is 405 g/mol. The van der Waals surface area contributed by atoms with Gasteiger partial charge in [0, 0.05) is 43.0 Å². The van der Waals surface area contributed by atoms with Crippen LogP contribution in [0.1, 0.15) is 70.2 Å². The molecule has 2 aromatic rings. The number of halogens is 1. The van der Waals surface area contributed by atoms with Gasteiger partial charge in [0.1, 0.15) is 11.9 Å². The molecule has 32 heavy (non-hydrogen) atoms. The van der Waals surface area contributed by atoms with Crippen molar-refractivity contribution < 1.29 is 14.0 Å². The first-order valence-corrected chi connectivity index (χ1v) is 12.0. The summed E-state index contributed by atoms with van der Waals surface area (Å²) in [6.07, 6.45) is 6.46. The van der Waals surface area contributed by atoms with Crippen LogP contribution in [0.25, 0.3) is 0 Å². The molecule has 174 valence electrons. The Labute approximate surface area is 191 Å². The highest BCUT2D eigenvalue weighted by molar-refractivity contribution is 5.86. The highest BCUT2D eigenvalue weighted by Gasteiger charge is 2.35. The molecule has 0 spiro atoms. The Morgan fingerprint density at radius 3 is 2.56 bits per heavy atom. The second kappa shape index (κ2) is 11.3. The molecule has 0 N–H and O–H groups in total. The Hall–Kier alpha value is -2.63. The largest absolute Gasteiger partial charge is 0.348 e. The topological polar surface area (TPSA) is 45.6 Å². The molecule has 1 aliphatic heterocycles. The lowest BCUT2D eigenvalue weighted by Crippen LogP contribution is -2.49. The van der Waals surface area contributed by atoms with E-state index in [1.54, 1.807) is 28.0 Å². The van der Waals surface area contributed by atoms with E-state index in [2.05, 4.69) is 11.5 Å². The third kappa shape index (κ3) is 5.22. The molecule has 2 atom stereocenters. The van der Waals surface area contributed by atoms with Crippen molar-refractivity contribution in [3.63, 3.8) is 0 Å². The van der Waals surface area contributed by atoms with Crippen LogP contribution in [0.3, 0.4) is 0 Å². The first-order valence-electron chi connectivity index (χ1n) is 12.0. The van der Waals surface area contributed by atoms with Crippen LogP contribution in [-0.2, 0) is 16.1 Å². The number of hydrogen-bond acceptors (Lipinski definition) is 2. The summed E-state index contributed by atoms with van der Waals surface area (Å²) < 4.78 is 16.9. The molecule has 1 aliphatic rings. The van der Waals surface area contributed by atoms with Gasteiger partial charge in [-0.05, 0) is 37.5 Å². The van der Waals surface area contributed by atoms with Gasteiger partial charge in [-0.15, -0.1) is 0 Å². The van der Waals surface area contributed by atoms with E-state index < -0.39 is 6.04 Å². The van der Waals surface area contributed by atoms with Crippen molar-refractivity contribution >= 4 is 11.8 Å². The second-order valence-corrected chi connectivity index (χ2v) is 8.64. The summed E-state index contributed by atoms with van der Waals surface area (Å²) >= 11 is 0. The number of fused-ring (bicyclic) bond motifs is 1. The number of nitrogens with zero attached hydrogens (tertiary/aromatic N) is 3. The third-order valence-electron chi connectivity index (χ3n) is 6.44. The molecule has 5 nitrogen and oxygen atoms in total. The SMILES string of the molecule is CCCCC(CC)C(=O)N(CCC)CC(=O)N1CCn2cccc2C1c1ccccc1F. The number of unbranched alkanes of at least 4 members (excludes halogenated alkanes) is 1. The zero-order valence-electron chi connectivity index (χ0n) is 19.6. The van der Waals surface area contributed by atoms with Crippen LogP contribution in [0.15, 0.2) is 42.6 Å². The first-order chi connectivity index (χ1) is 15.5. The van der Waals surface area contributed by atoms with Crippen LogP contribution in [0.2, 0.25) is 0 Å². The first kappa shape index (κ1) is 24.0. The average molecular weight is 442 g/mol. The van der Waals surface area contributed by atoms with Crippen molar-refractivity contribution in [2.45, 2.75) is 65.5 Å². The molecule has 0 saturated heterocycles. The molecular formula is C26H36FN3O2. The fourth-order valence-electron chi connectivity index (χ4n) is 4.68. The van der Waals surface area contributed by atoms with Crippen LogP contribution < -0.4 is 0 Å². The standard InChI is InChI=1S/C26H36FN3O2/c1-4-7-11-20(6-3)26(32)29(15-5-2)19-24(31)30-18-17-28-16-10-14-23(28)25(30)21-12-8-9-13-22(21)27/h8-10,12-14,16,20,25H,4-7,11,15,17-19H2,1-3H3. The summed E-state index contributed by atoms with van der Waals surface area (Å²) in [5.41, 5.74) is 1.39. The Bertz CT molecular complexity index is 910. The number of benzene rings is 1. The van der Waals surface area contributed by atoms with E-state index in [0.29, 0.717) is 25.2 Å². The molecule has 0 radical (unpaired) electrons. The van der Waals surface area contributed by atoms with Gasteiger partial charge in [0.2, 0.25) is 11.8 Å². The molecule has 0 fully saturated rings. The number of amides is 2. The minimum absolute atomic E-state index is 0.0426. The maximum Gasteiger partial charge on any atom is 0.243 e. The molecule has 2 amide bonds. The third-order valence-corrected chi connectivity index (χ3v) is 6.44. The molecule has 2 unspecified atom stereocenters. The fraction of sp³-hybridized carbons (Fsp3) is 0.538. The Balaban J connectivity index is 1.85. The van der Waals surface area contributed by atoms with Gasteiger partial charge >= 0.3 is 0 Å². The molecule has 2 heterocycles. The van der Waals surface area contributed by atoms with E-state index in [0.717, 1.165) is 37.8 Å². The van der Waals surface area contributed by atoms with E-state index in [1.165, 1.54) is 6.07 Å². The quantitative estimate of drug-likeness (QED) is 0.520. The van der Waals surface area contributed by atoms with Gasteiger partial charge in [-0.3, -0.25) is 9.59 Å². The molecule has 6 heteroatoms. The van der Waals surface area contributed by atoms with Gasteiger partial charge in [-0.2, -0.15) is 0 Å². The van der Waals surface area contributed by atoms with Crippen molar-refractivity contribution in [1.29, 1.82) is 0 Å². The summed E-state index contributed by atoms with van der Waals surface area (Å²) in [5, 5.41) is 0. The lowest BCUT2D eigenvalue weighted by atomic mass is 9.97. The average Bonchev–Trinajstić information content (AvgIpc) is 3.28. The van der Waals surface area contributed by atoms with Crippen LogP contribution in [0.5, 0.6) is 0 Å². The van der Waals surface area contributed by atoms with Gasteiger partial charge < -0.3 is 14.4 Å². The van der Waals surface area contributed by atoms with Gasteiger partial charge in [0.05, 0.1) is 6.54 Å². The summed E-state index contributed by atoms with van der Waals surface area (Å²) in [6.45, 7) is 7.93. The molecule has 0 saturated carbocycles. The lowest BCUT2D eigenvalue weighted by Gasteiger charge is -2.39. The number of hydrogen-bond donors (Lipinski definition) is 0. The van der Waals surface area contributed by atoms with Crippen LogP contribution in [0, 0.1) is 11.7 Å². The van der Waals surface area contributed by atoms with Crippen molar-refractivity contribution in [3.05, 3.63) is 59.7 Å². The summed E-state index contributed by atoms with van der Waals surface area (Å²) in [5.74, 6) is -0.427. The molecule has 3 rings (SSSR count). The van der Waals surface area contributed by atoms with Crippen LogP contribution in [-0.4, -0.2) is 45.8 Å². The zero-order chi connectivity index (χ0) is 23.1. The molecule has 0 bridgehead atoms. The smallest absolute Gasteiger partial charge is 0.243 e. The summed E-state index contributed by atoms with van der Waals surface area (Å²) in [6, 6.07) is 10.0. The van der Waals surface area contributed by atoms with E-state index in [1.807, 2.05) is 32.2 Å². The number of carbonyl (C=O) groups excluding carboxylic acids is 2. The van der Waals surface area contributed by atoms with Gasteiger partial charge in [0.25, 0.3) is 0 Å². The van der Waals surface area contributed by atoms with E-state index in [9.17, 15) is 14.0 Å². The number of rotatable bonds is 10.